The summed E-state index contributed by atoms with van der Waals surface area (Å²) in [5.74, 6) is -1.77. The summed E-state index contributed by atoms with van der Waals surface area (Å²) in [5.41, 5.74) is 4.75. The lowest BCUT2D eigenvalue weighted by Crippen LogP contribution is -2.47. The molecule has 0 aliphatic heterocycles. The number of hydrogen-bond acceptors (Lipinski definition) is 5. The number of carbonyl (C=O) groups excluding carboxylic acids is 2. The van der Waals surface area contributed by atoms with Crippen molar-refractivity contribution in [1.29, 1.82) is 0 Å². The number of methoxy groups -OCH3 is 1. The van der Waals surface area contributed by atoms with Crippen molar-refractivity contribution < 1.29 is 29.0 Å². The van der Waals surface area contributed by atoms with E-state index in [-0.39, 0.29) is 24.7 Å². The van der Waals surface area contributed by atoms with Gasteiger partial charge in [0.15, 0.2) is 0 Å². The maximum Gasteiger partial charge on any atom is 0.407 e. The number of alkyl carbamates (subject to hydrolysis) is 1. The van der Waals surface area contributed by atoms with Gasteiger partial charge in [-0.2, -0.15) is 0 Å². The Morgan fingerprint density at radius 1 is 1.00 bits per heavy atom. The largest absolute Gasteiger partial charge is 0.478 e. The van der Waals surface area contributed by atoms with E-state index in [1.807, 2.05) is 71.1 Å². The lowest BCUT2D eigenvalue weighted by molar-refractivity contribution is -0.119. The Labute approximate surface area is 215 Å². The van der Waals surface area contributed by atoms with Gasteiger partial charge in [0.1, 0.15) is 12.6 Å². The zero-order valence-electron chi connectivity index (χ0n) is 18.8. The summed E-state index contributed by atoms with van der Waals surface area (Å²) < 4.78 is 11.3. The molecule has 3 aromatic rings. The van der Waals surface area contributed by atoms with E-state index in [9.17, 15) is 19.5 Å². The van der Waals surface area contributed by atoms with Crippen molar-refractivity contribution >= 4 is 46.2 Å². The van der Waals surface area contributed by atoms with E-state index < -0.39 is 24.0 Å². The van der Waals surface area contributed by atoms with Crippen molar-refractivity contribution in [2.45, 2.75) is 12.0 Å². The number of fused-ring (bicyclic) bond motifs is 3. The number of hydrogen-bond donors (Lipinski definition) is 3. The fourth-order valence-corrected chi connectivity index (χ4v) is 4.82. The SMILES string of the molecule is COCC(NC(=O)OCC1c2ccccc2-c2ccccc21)C(=O)Nc1cc(I)cc(C(=O)O)c1. The third kappa shape index (κ3) is 5.63. The van der Waals surface area contributed by atoms with Gasteiger partial charge < -0.3 is 25.2 Å². The highest BCUT2D eigenvalue weighted by Crippen LogP contribution is 2.44. The summed E-state index contributed by atoms with van der Waals surface area (Å²) in [6.45, 7) is 0.0196. The van der Waals surface area contributed by atoms with Gasteiger partial charge in [0, 0.05) is 22.3 Å². The Morgan fingerprint density at radius 3 is 2.23 bits per heavy atom. The average Bonchev–Trinajstić information content (AvgIpc) is 3.16. The first-order valence-electron chi connectivity index (χ1n) is 10.8. The van der Waals surface area contributed by atoms with Gasteiger partial charge in [0.05, 0.1) is 12.2 Å². The van der Waals surface area contributed by atoms with Crippen molar-refractivity contribution in [3.63, 3.8) is 0 Å². The normalized spacial score (nSPS) is 12.9. The molecule has 3 N–H and O–H groups in total. The second-order valence-electron chi connectivity index (χ2n) is 8.00. The molecule has 8 nitrogen and oxygen atoms in total. The van der Waals surface area contributed by atoms with Crippen LogP contribution in [0.25, 0.3) is 11.1 Å². The molecule has 0 radical (unpaired) electrons. The van der Waals surface area contributed by atoms with Crippen LogP contribution in [-0.4, -0.2) is 49.4 Å². The third-order valence-corrected chi connectivity index (χ3v) is 6.32. The number of aromatic carboxylic acids is 1. The van der Waals surface area contributed by atoms with Crippen LogP contribution in [-0.2, 0) is 14.3 Å². The second kappa shape index (κ2) is 10.9. The van der Waals surface area contributed by atoms with Crippen LogP contribution in [0.4, 0.5) is 10.5 Å². The van der Waals surface area contributed by atoms with Crippen molar-refractivity contribution in [2.75, 3.05) is 25.6 Å². The number of ether oxygens (including phenoxy) is 2. The van der Waals surface area contributed by atoms with Crippen LogP contribution >= 0.6 is 22.6 Å². The molecular formula is C26H23IN2O6. The van der Waals surface area contributed by atoms with Gasteiger partial charge in [-0.25, -0.2) is 9.59 Å². The number of nitrogens with one attached hydrogen (secondary N) is 2. The predicted octanol–water partition coefficient (Wildman–Crippen LogP) is 4.48. The number of anilines is 1. The third-order valence-electron chi connectivity index (χ3n) is 5.70. The monoisotopic (exact) mass is 586 g/mol. The van der Waals surface area contributed by atoms with Crippen LogP contribution in [0, 0.1) is 3.57 Å². The quantitative estimate of drug-likeness (QED) is 0.336. The molecule has 35 heavy (non-hydrogen) atoms. The van der Waals surface area contributed by atoms with Gasteiger partial charge >= 0.3 is 12.1 Å². The van der Waals surface area contributed by atoms with E-state index in [0.717, 1.165) is 22.3 Å². The molecule has 0 saturated heterocycles. The molecule has 0 aromatic heterocycles. The molecule has 9 heteroatoms. The van der Waals surface area contributed by atoms with Crippen LogP contribution in [0.1, 0.15) is 27.4 Å². The minimum absolute atomic E-state index is 0.0417. The Kier molecular flexibility index (Phi) is 7.67. The van der Waals surface area contributed by atoms with Gasteiger partial charge in [0.2, 0.25) is 5.91 Å². The summed E-state index contributed by atoms with van der Waals surface area (Å²) in [6.07, 6.45) is -0.752. The fraction of sp³-hybridized carbons (Fsp3) is 0.192. The fourth-order valence-electron chi connectivity index (χ4n) is 4.15. The van der Waals surface area contributed by atoms with Crippen LogP contribution in [0.5, 0.6) is 0 Å². The molecule has 0 heterocycles. The van der Waals surface area contributed by atoms with Gasteiger partial charge in [-0.15, -0.1) is 0 Å². The van der Waals surface area contributed by atoms with Crippen LogP contribution in [0.2, 0.25) is 0 Å². The van der Waals surface area contributed by atoms with Crippen LogP contribution in [0.3, 0.4) is 0 Å². The zero-order chi connectivity index (χ0) is 24.9. The first-order chi connectivity index (χ1) is 16.9. The number of carboxylic acid groups (broad SMARTS) is 1. The van der Waals surface area contributed by atoms with Crippen LogP contribution < -0.4 is 10.6 Å². The molecule has 3 aromatic carbocycles. The molecule has 4 rings (SSSR count). The zero-order valence-corrected chi connectivity index (χ0v) is 20.9. The summed E-state index contributed by atoms with van der Waals surface area (Å²) >= 11 is 1.97. The van der Waals surface area contributed by atoms with Crippen molar-refractivity contribution in [3.8, 4) is 11.1 Å². The molecule has 0 spiro atoms. The standard InChI is InChI=1S/C26H23IN2O6/c1-34-14-23(24(30)28-17-11-15(25(31)32)10-16(27)12-17)29-26(33)35-13-22-20-8-4-2-6-18(20)19-7-3-5-9-21(19)22/h2-12,22-23H,13-14H2,1H3,(H,28,30)(H,29,33)(H,31,32). The maximum absolute atomic E-state index is 12.8. The Hall–Kier alpha value is -3.44. The molecule has 1 aliphatic carbocycles. The van der Waals surface area contributed by atoms with Gasteiger partial charge in [-0.05, 0) is 63.0 Å². The molecular weight excluding hydrogens is 563 g/mol. The van der Waals surface area contributed by atoms with E-state index in [0.29, 0.717) is 9.26 Å². The summed E-state index contributed by atoms with van der Waals surface area (Å²) in [7, 11) is 1.41. The van der Waals surface area contributed by atoms with E-state index in [4.69, 9.17) is 9.47 Å². The first kappa shape index (κ1) is 24.7. The Morgan fingerprint density at radius 2 is 1.63 bits per heavy atom. The maximum atomic E-state index is 12.8. The minimum Gasteiger partial charge on any atom is -0.478 e. The van der Waals surface area contributed by atoms with Gasteiger partial charge in [0.25, 0.3) is 0 Å². The van der Waals surface area contributed by atoms with Crippen molar-refractivity contribution in [1.82, 2.24) is 5.32 Å². The molecule has 0 saturated carbocycles. The number of carbonyl (C=O) groups is 3. The lowest BCUT2D eigenvalue weighted by atomic mass is 9.98. The number of carboxylic acids is 1. The summed E-state index contributed by atoms with van der Waals surface area (Å²) in [4.78, 5) is 36.7. The van der Waals surface area contributed by atoms with Crippen LogP contribution in [0.15, 0.2) is 66.7 Å². The topological polar surface area (TPSA) is 114 Å². The summed E-state index contributed by atoms with van der Waals surface area (Å²) in [6, 6.07) is 19.4. The Balaban J connectivity index is 1.42. The molecule has 2 amide bonds. The molecule has 1 aliphatic rings. The van der Waals surface area contributed by atoms with Gasteiger partial charge in [-0.3, -0.25) is 4.79 Å². The average molecular weight is 586 g/mol. The highest BCUT2D eigenvalue weighted by Gasteiger charge is 2.30. The number of benzene rings is 3. The van der Waals surface area contributed by atoms with E-state index in [1.165, 1.54) is 19.2 Å². The number of amides is 2. The Bertz CT molecular complexity index is 1230. The van der Waals surface area contributed by atoms with Crippen molar-refractivity contribution in [2.24, 2.45) is 0 Å². The summed E-state index contributed by atoms with van der Waals surface area (Å²) in [5, 5.41) is 14.4. The first-order valence-corrected chi connectivity index (χ1v) is 11.9. The molecule has 0 bridgehead atoms. The number of halogens is 1. The van der Waals surface area contributed by atoms with E-state index in [1.54, 1.807) is 6.07 Å². The lowest BCUT2D eigenvalue weighted by Gasteiger charge is -2.19. The predicted molar refractivity (Wildman–Crippen MR) is 139 cm³/mol. The minimum atomic E-state index is -1.11. The smallest absolute Gasteiger partial charge is 0.407 e. The van der Waals surface area contributed by atoms with Gasteiger partial charge in [-0.1, -0.05) is 48.5 Å². The highest BCUT2D eigenvalue weighted by atomic mass is 127. The van der Waals surface area contributed by atoms with E-state index in [2.05, 4.69) is 10.6 Å². The van der Waals surface area contributed by atoms with Crippen molar-refractivity contribution in [3.05, 3.63) is 87.0 Å². The molecule has 180 valence electrons. The van der Waals surface area contributed by atoms with E-state index >= 15 is 0 Å². The number of rotatable bonds is 8. The highest BCUT2D eigenvalue weighted by molar-refractivity contribution is 14.1. The molecule has 0 fully saturated rings. The molecule has 1 atom stereocenters. The molecule has 1 unspecified atom stereocenters. The second-order valence-corrected chi connectivity index (χ2v) is 9.25.